The number of hydrogen-bond donors (Lipinski definition) is 2. The molecule has 216 valence electrons. The van der Waals surface area contributed by atoms with Crippen LogP contribution in [-0.2, 0) is 9.59 Å². The van der Waals surface area contributed by atoms with E-state index in [1.165, 1.54) is 42.5 Å². The van der Waals surface area contributed by atoms with Crippen LogP contribution in [0.1, 0.15) is 37.3 Å². The number of anilines is 2. The molecule has 2 N–H and O–H groups in total. The Kier molecular flexibility index (Phi) is 8.07. The molecule has 0 bridgehead atoms. The van der Waals surface area contributed by atoms with Gasteiger partial charge in [0.2, 0.25) is 11.8 Å². The van der Waals surface area contributed by atoms with Gasteiger partial charge >= 0.3 is 0 Å². The van der Waals surface area contributed by atoms with E-state index in [-0.39, 0.29) is 40.8 Å². The Morgan fingerprint density at radius 3 is 2.59 bits per heavy atom. The van der Waals surface area contributed by atoms with E-state index in [0.29, 0.717) is 10.9 Å². The van der Waals surface area contributed by atoms with Gasteiger partial charge in [-0.1, -0.05) is 41.0 Å². The number of hydrazine groups is 1. The third kappa shape index (κ3) is 5.95. The summed E-state index contributed by atoms with van der Waals surface area (Å²) >= 11 is 6.51. The predicted molar refractivity (Wildman–Crippen MR) is 144 cm³/mol. The zero-order chi connectivity index (χ0) is 29.3. The average molecular weight is 590 g/mol. The molecule has 0 radical (unpaired) electrons. The Labute approximate surface area is 239 Å². The Hall–Kier alpha value is -3.87. The summed E-state index contributed by atoms with van der Waals surface area (Å²) in [7, 11) is 1.47. The van der Waals surface area contributed by atoms with Crippen LogP contribution in [0.5, 0.6) is 5.75 Å². The summed E-state index contributed by atoms with van der Waals surface area (Å²) in [5, 5.41) is 16.4. The number of ether oxygens (including phenoxy) is 1. The summed E-state index contributed by atoms with van der Waals surface area (Å²) in [5.74, 6) is -3.97. The normalized spacial score (nSPS) is 19.1. The zero-order valence-electron chi connectivity index (χ0n) is 21.9. The van der Waals surface area contributed by atoms with Gasteiger partial charge in [-0.2, -0.15) is 0 Å². The first-order chi connectivity index (χ1) is 19.6. The van der Waals surface area contributed by atoms with Crippen molar-refractivity contribution in [3.63, 3.8) is 0 Å². The van der Waals surface area contributed by atoms with Crippen molar-refractivity contribution in [1.29, 1.82) is 0 Å². The number of halogens is 4. The summed E-state index contributed by atoms with van der Waals surface area (Å²) in [6.45, 7) is 0. The van der Waals surface area contributed by atoms with Crippen molar-refractivity contribution in [1.82, 2.24) is 15.5 Å². The summed E-state index contributed by atoms with van der Waals surface area (Å²) in [4.78, 5) is 32.4. The largest absolute Gasteiger partial charge is 0.495 e. The standard InChI is InChI=1S/C28H27ClF3N5O4/c1-41-20-9-10-23(33-16-20)35-24(11-12-25(35)38)37(40)36(19-6-4-5-17(30)13-19)26(21-7-2-3-8-22(21)29)27(39)34-18-14-28(31,32)15-18/h2-10,13,16,18,24,26,40H,11-12,14-15H2,1H3,(H,34,39)/t24-,26+/m1/s1. The highest BCUT2D eigenvalue weighted by atomic mass is 35.5. The van der Waals surface area contributed by atoms with Gasteiger partial charge in [0.1, 0.15) is 23.6 Å². The van der Waals surface area contributed by atoms with Crippen LogP contribution in [0, 0.1) is 5.82 Å². The highest BCUT2D eigenvalue weighted by molar-refractivity contribution is 6.31. The second-order valence-corrected chi connectivity index (χ2v) is 10.3. The molecule has 41 heavy (non-hydrogen) atoms. The number of nitrogens with one attached hydrogen (secondary N) is 1. The fourth-order valence-electron chi connectivity index (χ4n) is 5.08. The molecule has 2 fully saturated rings. The Morgan fingerprint density at radius 2 is 1.95 bits per heavy atom. The van der Waals surface area contributed by atoms with Gasteiger partial charge in [0.15, 0.2) is 6.04 Å². The van der Waals surface area contributed by atoms with Crippen molar-refractivity contribution in [3.05, 3.63) is 83.3 Å². The molecule has 2 amide bonds. The summed E-state index contributed by atoms with van der Waals surface area (Å²) in [6, 6.07) is 12.4. The minimum Gasteiger partial charge on any atom is -0.495 e. The molecule has 3 aromatic rings. The molecular weight excluding hydrogens is 563 g/mol. The maximum atomic E-state index is 14.5. The smallest absolute Gasteiger partial charge is 0.252 e. The van der Waals surface area contributed by atoms with Crippen LogP contribution in [0.25, 0.3) is 0 Å². The molecule has 9 nitrogen and oxygen atoms in total. The number of hydrogen-bond acceptors (Lipinski definition) is 7. The molecule has 2 heterocycles. The number of nitrogens with zero attached hydrogens (tertiary/aromatic N) is 4. The van der Waals surface area contributed by atoms with Gasteiger partial charge in [0.05, 0.1) is 19.0 Å². The van der Waals surface area contributed by atoms with Gasteiger partial charge in [0, 0.05) is 35.9 Å². The minimum atomic E-state index is -2.89. The van der Waals surface area contributed by atoms with Crippen LogP contribution in [0.2, 0.25) is 5.02 Å². The number of pyridine rings is 1. The first-order valence-electron chi connectivity index (χ1n) is 12.9. The number of amides is 2. The topological polar surface area (TPSA) is 98.2 Å². The number of alkyl halides is 2. The monoisotopic (exact) mass is 589 g/mol. The molecule has 1 saturated heterocycles. The van der Waals surface area contributed by atoms with E-state index in [4.69, 9.17) is 16.3 Å². The van der Waals surface area contributed by atoms with Crippen molar-refractivity contribution in [3.8, 4) is 5.75 Å². The molecule has 2 aromatic carbocycles. The number of rotatable bonds is 9. The number of benzene rings is 2. The number of hydroxylamine groups is 1. The Bertz CT molecular complexity index is 1420. The van der Waals surface area contributed by atoms with Gasteiger partial charge in [-0.15, -0.1) is 0 Å². The molecule has 1 aliphatic heterocycles. The van der Waals surface area contributed by atoms with Crippen molar-refractivity contribution >= 4 is 34.9 Å². The van der Waals surface area contributed by atoms with Gasteiger partial charge in [0.25, 0.3) is 5.92 Å². The maximum Gasteiger partial charge on any atom is 0.252 e. The molecule has 1 aromatic heterocycles. The molecule has 0 spiro atoms. The zero-order valence-corrected chi connectivity index (χ0v) is 22.6. The second kappa shape index (κ2) is 11.6. The molecule has 1 saturated carbocycles. The van der Waals surface area contributed by atoms with E-state index in [1.54, 1.807) is 30.3 Å². The van der Waals surface area contributed by atoms with Crippen molar-refractivity contribution in [2.24, 2.45) is 0 Å². The highest BCUT2D eigenvalue weighted by Gasteiger charge is 2.48. The van der Waals surface area contributed by atoms with E-state index < -0.39 is 48.7 Å². The van der Waals surface area contributed by atoms with E-state index in [9.17, 15) is 28.0 Å². The first kappa shape index (κ1) is 28.7. The summed E-state index contributed by atoms with van der Waals surface area (Å²) in [6.07, 6.45) is -0.557. The van der Waals surface area contributed by atoms with E-state index in [0.717, 1.165) is 11.1 Å². The van der Waals surface area contributed by atoms with Crippen LogP contribution < -0.4 is 20.0 Å². The van der Waals surface area contributed by atoms with Gasteiger partial charge in [-0.05, 0) is 42.8 Å². The predicted octanol–water partition coefficient (Wildman–Crippen LogP) is 5.10. The number of methoxy groups -OCH3 is 1. The fraction of sp³-hybridized carbons (Fsp3) is 0.321. The van der Waals surface area contributed by atoms with Gasteiger partial charge in [-0.25, -0.2) is 18.2 Å². The van der Waals surface area contributed by atoms with Crippen molar-refractivity contribution in [2.45, 2.75) is 49.9 Å². The van der Waals surface area contributed by atoms with Crippen LogP contribution in [0.4, 0.5) is 24.7 Å². The molecule has 1 aliphatic carbocycles. The van der Waals surface area contributed by atoms with Crippen LogP contribution in [0.15, 0.2) is 66.9 Å². The molecule has 0 unspecified atom stereocenters. The molecule has 5 rings (SSSR count). The molecule has 2 atom stereocenters. The Balaban J connectivity index is 1.58. The van der Waals surface area contributed by atoms with Gasteiger partial charge in [-0.3, -0.25) is 24.7 Å². The molecular formula is C28H27ClF3N5O4. The van der Waals surface area contributed by atoms with Crippen molar-refractivity contribution in [2.75, 3.05) is 17.0 Å². The molecule has 13 heteroatoms. The fourth-order valence-corrected chi connectivity index (χ4v) is 5.31. The summed E-state index contributed by atoms with van der Waals surface area (Å²) < 4.78 is 46.9. The first-order valence-corrected chi connectivity index (χ1v) is 13.2. The van der Waals surface area contributed by atoms with Crippen LogP contribution in [0.3, 0.4) is 0 Å². The van der Waals surface area contributed by atoms with Gasteiger partial charge < -0.3 is 10.1 Å². The summed E-state index contributed by atoms with van der Waals surface area (Å²) in [5.41, 5.74) is 0.271. The van der Waals surface area contributed by atoms with E-state index in [2.05, 4.69) is 10.3 Å². The number of aromatic nitrogens is 1. The lowest BCUT2D eigenvalue weighted by molar-refractivity contribution is -0.153. The van der Waals surface area contributed by atoms with E-state index >= 15 is 0 Å². The number of carbonyl (C=O) groups excluding carboxylic acids is 2. The number of carbonyl (C=O) groups is 2. The average Bonchev–Trinajstić information content (AvgIpc) is 3.32. The van der Waals surface area contributed by atoms with Crippen molar-refractivity contribution < 1.29 is 32.7 Å². The second-order valence-electron chi connectivity index (χ2n) is 9.88. The van der Waals surface area contributed by atoms with Crippen LogP contribution in [-0.4, -0.2) is 52.4 Å². The highest BCUT2D eigenvalue weighted by Crippen LogP contribution is 2.40. The molecule has 2 aliphatic rings. The SMILES string of the molecule is COc1ccc(N2C(=O)CC[C@H]2N(O)N(c2cccc(F)c2)[C@H](C(=O)NC2CC(F)(F)C2)c2ccccc2Cl)nc1. The lowest BCUT2D eigenvalue weighted by Crippen LogP contribution is -2.59. The lowest BCUT2D eigenvalue weighted by atomic mass is 9.88. The minimum absolute atomic E-state index is 0.0482. The lowest BCUT2D eigenvalue weighted by Gasteiger charge is -2.43. The third-order valence-corrected chi connectivity index (χ3v) is 7.42. The quantitative estimate of drug-likeness (QED) is 0.335. The third-order valence-electron chi connectivity index (χ3n) is 7.08. The Morgan fingerprint density at radius 1 is 1.20 bits per heavy atom. The van der Waals surface area contributed by atoms with E-state index in [1.807, 2.05) is 0 Å². The maximum absolute atomic E-state index is 14.5. The van der Waals surface area contributed by atoms with Crippen LogP contribution >= 0.6 is 11.6 Å².